The molecular formula is C27H19NO4. The predicted octanol–water partition coefficient (Wildman–Crippen LogP) is 4.57. The first-order valence-corrected chi connectivity index (χ1v) is 10.3. The lowest BCUT2D eigenvalue weighted by atomic mass is 10.0. The van der Waals surface area contributed by atoms with E-state index >= 15 is 0 Å². The van der Waals surface area contributed by atoms with Crippen LogP contribution in [0.2, 0.25) is 0 Å². The number of hydrogen-bond acceptors (Lipinski definition) is 3. The molecule has 0 saturated heterocycles. The van der Waals surface area contributed by atoms with Crippen LogP contribution in [0, 0.1) is 11.8 Å². The minimum Gasteiger partial charge on any atom is -0.488 e. The van der Waals surface area contributed by atoms with Crippen molar-refractivity contribution in [1.29, 1.82) is 0 Å². The van der Waals surface area contributed by atoms with Gasteiger partial charge < -0.3 is 14.7 Å². The van der Waals surface area contributed by atoms with E-state index in [2.05, 4.69) is 11.8 Å². The summed E-state index contributed by atoms with van der Waals surface area (Å²) in [6.07, 6.45) is 2.41. The van der Waals surface area contributed by atoms with Gasteiger partial charge in [-0.25, -0.2) is 4.79 Å². The van der Waals surface area contributed by atoms with Crippen molar-refractivity contribution in [2.24, 2.45) is 0 Å². The standard InChI is InChI=1S/C27H19NO4/c29-26-23-7-3-1-5-18(23)9-10-19-6-2-4-8-24(19)28(26)17-22-15-16-25(32-22)20-11-13-21(14-12-20)27(30)31/h1-8,11-14,16,22H,15,17H2,(H,30,31). The molecule has 32 heavy (non-hydrogen) atoms. The third kappa shape index (κ3) is 3.63. The number of benzene rings is 3. The van der Waals surface area contributed by atoms with Crippen LogP contribution in [0.3, 0.4) is 0 Å². The second-order valence-corrected chi connectivity index (χ2v) is 7.65. The number of para-hydroxylation sites is 1. The Morgan fingerprint density at radius 3 is 2.44 bits per heavy atom. The van der Waals surface area contributed by atoms with Gasteiger partial charge in [-0.3, -0.25) is 4.79 Å². The van der Waals surface area contributed by atoms with Crippen molar-refractivity contribution in [2.45, 2.75) is 12.5 Å². The molecule has 5 rings (SSSR count). The summed E-state index contributed by atoms with van der Waals surface area (Å²) < 4.78 is 6.16. The Bertz CT molecular complexity index is 1310. The quantitative estimate of drug-likeness (QED) is 0.627. The van der Waals surface area contributed by atoms with Gasteiger partial charge in [0.25, 0.3) is 5.91 Å². The monoisotopic (exact) mass is 421 g/mol. The van der Waals surface area contributed by atoms with Crippen molar-refractivity contribution < 1.29 is 19.4 Å². The molecule has 1 N–H and O–H groups in total. The Kier molecular flexibility index (Phi) is 4.97. The maximum atomic E-state index is 13.5. The summed E-state index contributed by atoms with van der Waals surface area (Å²) in [7, 11) is 0. The van der Waals surface area contributed by atoms with Crippen molar-refractivity contribution in [3.8, 4) is 11.8 Å². The van der Waals surface area contributed by atoms with Crippen LogP contribution >= 0.6 is 0 Å². The molecule has 5 nitrogen and oxygen atoms in total. The van der Waals surface area contributed by atoms with Crippen molar-refractivity contribution in [3.05, 3.63) is 107 Å². The summed E-state index contributed by atoms with van der Waals surface area (Å²) in [6, 6.07) is 21.6. The molecule has 1 atom stereocenters. The highest BCUT2D eigenvalue weighted by molar-refractivity contribution is 6.09. The Morgan fingerprint density at radius 2 is 1.66 bits per heavy atom. The van der Waals surface area contributed by atoms with E-state index in [0.717, 1.165) is 16.8 Å². The Morgan fingerprint density at radius 1 is 0.969 bits per heavy atom. The molecule has 3 aromatic carbocycles. The van der Waals surface area contributed by atoms with E-state index in [0.29, 0.717) is 29.9 Å². The average molecular weight is 421 g/mol. The smallest absolute Gasteiger partial charge is 0.335 e. The van der Waals surface area contributed by atoms with E-state index in [-0.39, 0.29) is 17.6 Å². The van der Waals surface area contributed by atoms with E-state index < -0.39 is 5.97 Å². The number of carboxylic acids is 1. The van der Waals surface area contributed by atoms with Gasteiger partial charge in [-0.05, 0) is 42.5 Å². The molecule has 2 aliphatic rings. The molecule has 0 fully saturated rings. The third-order valence-electron chi connectivity index (χ3n) is 5.59. The van der Waals surface area contributed by atoms with Gasteiger partial charge in [-0.1, -0.05) is 48.2 Å². The number of hydrogen-bond donors (Lipinski definition) is 1. The molecule has 0 bridgehead atoms. The number of rotatable bonds is 4. The van der Waals surface area contributed by atoms with Crippen molar-refractivity contribution >= 4 is 23.3 Å². The van der Waals surface area contributed by atoms with Gasteiger partial charge in [0.15, 0.2) is 0 Å². The molecule has 156 valence electrons. The first kappa shape index (κ1) is 19.7. The number of carbonyl (C=O) groups is 2. The van der Waals surface area contributed by atoms with E-state index in [4.69, 9.17) is 9.84 Å². The third-order valence-corrected chi connectivity index (χ3v) is 5.59. The summed E-state index contributed by atoms with van der Waals surface area (Å²) in [5.41, 5.74) is 3.89. The molecule has 0 radical (unpaired) electrons. The second kappa shape index (κ2) is 8.09. The topological polar surface area (TPSA) is 66.8 Å². The largest absolute Gasteiger partial charge is 0.488 e. The molecule has 0 spiro atoms. The van der Waals surface area contributed by atoms with Crippen molar-refractivity contribution in [2.75, 3.05) is 11.4 Å². The van der Waals surface area contributed by atoms with Gasteiger partial charge in [0, 0.05) is 23.1 Å². The van der Waals surface area contributed by atoms with E-state index in [1.807, 2.05) is 48.5 Å². The normalized spacial score (nSPS) is 16.5. The highest BCUT2D eigenvalue weighted by atomic mass is 16.5. The van der Waals surface area contributed by atoms with Gasteiger partial charge >= 0.3 is 5.97 Å². The maximum absolute atomic E-state index is 13.5. The van der Waals surface area contributed by atoms with Gasteiger partial charge in [0.1, 0.15) is 11.9 Å². The molecule has 5 heteroatoms. The highest BCUT2D eigenvalue weighted by Gasteiger charge is 2.29. The van der Waals surface area contributed by atoms with Gasteiger partial charge in [-0.2, -0.15) is 0 Å². The van der Waals surface area contributed by atoms with Crippen LogP contribution in [0.1, 0.15) is 43.8 Å². The lowest BCUT2D eigenvalue weighted by Gasteiger charge is -2.28. The number of nitrogens with zero attached hydrogens (tertiary/aromatic N) is 1. The SMILES string of the molecule is O=C(O)c1ccc(C2=CCC(CN3C(=O)c4ccccc4C#Cc4ccccc43)O2)cc1. The van der Waals surface area contributed by atoms with Gasteiger partial charge in [-0.15, -0.1) is 0 Å². The Balaban J connectivity index is 1.41. The van der Waals surface area contributed by atoms with Crippen LogP contribution in [-0.4, -0.2) is 29.6 Å². The molecule has 0 aromatic heterocycles. The predicted molar refractivity (Wildman–Crippen MR) is 121 cm³/mol. The number of carbonyl (C=O) groups excluding carboxylic acids is 1. The summed E-state index contributed by atoms with van der Waals surface area (Å²) in [4.78, 5) is 26.4. The van der Waals surface area contributed by atoms with Crippen LogP contribution in [0.15, 0.2) is 78.9 Å². The van der Waals surface area contributed by atoms with Crippen LogP contribution in [0.4, 0.5) is 5.69 Å². The van der Waals surface area contributed by atoms with Crippen molar-refractivity contribution in [3.63, 3.8) is 0 Å². The van der Waals surface area contributed by atoms with Crippen LogP contribution in [-0.2, 0) is 4.74 Å². The summed E-state index contributed by atoms with van der Waals surface area (Å²) in [5.74, 6) is 5.95. The fourth-order valence-corrected chi connectivity index (χ4v) is 3.96. The minimum absolute atomic E-state index is 0.107. The van der Waals surface area contributed by atoms with Gasteiger partial charge in [0.05, 0.1) is 23.4 Å². The number of amides is 1. The average Bonchev–Trinajstić information content (AvgIpc) is 3.29. The highest BCUT2D eigenvalue weighted by Crippen LogP contribution is 2.30. The van der Waals surface area contributed by atoms with Crippen molar-refractivity contribution in [1.82, 2.24) is 0 Å². The summed E-state index contributed by atoms with van der Waals surface area (Å²) in [6.45, 7) is 0.374. The number of anilines is 1. The Labute approximate surface area is 185 Å². The first-order valence-electron chi connectivity index (χ1n) is 10.3. The fraction of sp³-hybridized carbons (Fsp3) is 0.111. The molecule has 0 aliphatic carbocycles. The second-order valence-electron chi connectivity index (χ2n) is 7.65. The number of ether oxygens (including phenoxy) is 1. The zero-order chi connectivity index (χ0) is 22.1. The fourth-order valence-electron chi connectivity index (χ4n) is 3.96. The van der Waals surface area contributed by atoms with Gasteiger partial charge in [0.2, 0.25) is 0 Å². The molecular weight excluding hydrogens is 402 g/mol. The molecule has 2 aliphatic heterocycles. The zero-order valence-electron chi connectivity index (χ0n) is 17.1. The number of carboxylic acid groups (broad SMARTS) is 1. The maximum Gasteiger partial charge on any atom is 0.335 e. The van der Waals surface area contributed by atoms with E-state index in [1.54, 1.807) is 35.2 Å². The van der Waals surface area contributed by atoms with Crippen LogP contribution in [0.25, 0.3) is 5.76 Å². The molecule has 1 unspecified atom stereocenters. The first-order chi connectivity index (χ1) is 15.6. The van der Waals surface area contributed by atoms with Crippen LogP contribution < -0.4 is 4.90 Å². The molecule has 3 aromatic rings. The molecule has 0 saturated carbocycles. The van der Waals surface area contributed by atoms with E-state index in [9.17, 15) is 9.59 Å². The number of aromatic carboxylic acids is 1. The molecule has 1 amide bonds. The summed E-state index contributed by atoms with van der Waals surface area (Å²) in [5, 5.41) is 9.09. The minimum atomic E-state index is -0.964. The summed E-state index contributed by atoms with van der Waals surface area (Å²) >= 11 is 0. The lowest BCUT2D eigenvalue weighted by Crippen LogP contribution is -2.38. The van der Waals surface area contributed by atoms with Crippen LogP contribution in [0.5, 0.6) is 0 Å². The Hall–Kier alpha value is -4.30. The zero-order valence-corrected chi connectivity index (χ0v) is 17.1. The number of fused-ring (bicyclic) bond motifs is 2. The molecule has 2 heterocycles. The van der Waals surface area contributed by atoms with E-state index in [1.165, 1.54) is 0 Å². The lowest BCUT2D eigenvalue weighted by molar-refractivity contribution is 0.0696.